The summed E-state index contributed by atoms with van der Waals surface area (Å²) >= 11 is 5.98. The Morgan fingerprint density at radius 3 is 2.41 bits per heavy atom. The zero-order valence-corrected chi connectivity index (χ0v) is 17.4. The van der Waals surface area contributed by atoms with E-state index in [1.807, 2.05) is 4.90 Å². The number of benzene rings is 2. The van der Waals surface area contributed by atoms with Gasteiger partial charge in [-0.15, -0.1) is 0 Å². The molecule has 1 N–H and O–H groups in total. The van der Waals surface area contributed by atoms with Gasteiger partial charge >= 0.3 is 0 Å². The van der Waals surface area contributed by atoms with Crippen molar-refractivity contribution in [2.24, 2.45) is 5.92 Å². The summed E-state index contributed by atoms with van der Waals surface area (Å²) in [5, 5.41) is 3.54. The van der Waals surface area contributed by atoms with Crippen LogP contribution in [0, 0.1) is 5.92 Å². The number of nitrogens with one attached hydrogen (secondary N) is 1. The monoisotopic (exact) mass is 416 g/mol. The van der Waals surface area contributed by atoms with Crippen LogP contribution in [0.5, 0.6) is 11.5 Å². The zero-order chi connectivity index (χ0) is 20.8. The van der Waals surface area contributed by atoms with Crippen molar-refractivity contribution in [3.8, 4) is 11.5 Å². The molecular weight excluding hydrogens is 392 g/mol. The number of carbonyl (C=O) groups excluding carboxylic acids is 2. The molecule has 154 valence electrons. The van der Waals surface area contributed by atoms with Gasteiger partial charge in [0.1, 0.15) is 0 Å². The van der Waals surface area contributed by atoms with Gasteiger partial charge in [-0.25, -0.2) is 0 Å². The van der Waals surface area contributed by atoms with Gasteiger partial charge in [-0.3, -0.25) is 9.59 Å². The highest BCUT2D eigenvalue weighted by atomic mass is 35.5. The van der Waals surface area contributed by atoms with E-state index < -0.39 is 0 Å². The molecule has 1 aliphatic heterocycles. The second-order valence-electron chi connectivity index (χ2n) is 7.03. The summed E-state index contributed by atoms with van der Waals surface area (Å²) in [6.07, 6.45) is 1.69. The van der Waals surface area contributed by atoms with E-state index in [9.17, 15) is 9.59 Å². The van der Waals surface area contributed by atoms with Crippen molar-refractivity contribution in [3.63, 3.8) is 0 Å². The van der Waals surface area contributed by atoms with Gasteiger partial charge in [0, 0.05) is 35.8 Å². The SMILES string of the molecule is COc1ccc(C(=O)NCC2CCN(C(=O)c3cccc(Cl)c3)CC2)cc1OC. The van der Waals surface area contributed by atoms with Crippen molar-refractivity contribution in [2.45, 2.75) is 12.8 Å². The van der Waals surface area contributed by atoms with Crippen LogP contribution in [-0.2, 0) is 0 Å². The van der Waals surface area contributed by atoms with Crippen LogP contribution >= 0.6 is 11.6 Å². The quantitative estimate of drug-likeness (QED) is 0.780. The Bertz CT molecular complexity index is 879. The Labute approximate surface area is 175 Å². The Balaban J connectivity index is 1.50. The lowest BCUT2D eigenvalue weighted by Crippen LogP contribution is -2.41. The first-order valence-corrected chi connectivity index (χ1v) is 9.94. The Morgan fingerprint density at radius 1 is 1.03 bits per heavy atom. The maximum absolute atomic E-state index is 12.6. The van der Waals surface area contributed by atoms with E-state index >= 15 is 0 Å². The number of nitrogens with zero attached hydrogens (tertiary/aromatic N) is 1. The van der Waals surface area contributed by atoms with E-state index in [-0.39, 0.29) is 11.8 Å². The number of piperidine rings is 1. The Kier molecular flexibility index (Phi) is 6.99. The third-order valence-corrected chi connectivity index (χ3v) is 5.41. The summed E-state index contributed by atoms with van der Waals surface area (Å²) in [5.41, 5.74) is 1.13. The molecule has 0 radical (unpaired) electrons. The molecule has 1 aliphatic rings. The minimum atomic E-state index is -0.150. The largest absolute Gasteiger partial charge is 0.493 e. The number of carbonyl (C=O) groups is 2. The van der Waals surface area contributed by atoms with Gasteiger partial charge in [-0.05, 0) is 55.2 Å². The molecule has 0 atom stereocenters. The van der Waals surface area contributed by atoms with Crippen LogP contribution in [0.2, 0.25) is 5.02 Å². The van der Waals surface area contributed by atoms with Crippen LogP contribution in [0.25, 0.3) is 0 Å². The summed E-state index contributed by atoms with van der Waals surface area (Å²) in [4.78, 5) is 26.9. The molecule has 0 unspecified atom stereocenters. The third kappa shape index (κ3) is 5.21. The summed E-state index contributed by atoms with van der Waals surface area (Å²) in [6, 6.07) is 12.1. The maximum atomic E-state index is 12.6. The Hall–Kier alpha value is -2.73. The number of ether oxygens (including phenoxy) is 2. The summed E-state index contributed by atoms with van der Waals surface area (Å²) in [7, 11) is 3.10. The standard InChI is InChI=1S/C22H25ClN2O4/c1-28-19-7-6-16(13-20(19)29-2)21(26)24-14-15-8-10-25(11-9-15)22(27)17-4-3-5-18(23)12-17/h3-7,12-13,15H,8-11,14H2,1-2H3,(H,24,26). The van der Waals surface area contributed by atoms with Gasteiger partial charge in [0.05, 0.1) is 14.2 Å². The molecule has 0 aliphatic carbocycles. The summed E-state index contributed by atoms with van der Waals surface area (Å²) < 4.78 is 10.4. The van der Waals surface area contributed by atoms with Crippen LogP contribution in [0.4, 0.5) is 0 Å². The second-order valence-corrected chi connectivity index (χ2v) is 7.46. The van der Waals surface area contributed by atoms with Crippen molar-refractivity contribution in [1.29, 1.82) is 0 Å². The van der Waals surface area contributed by atoms with Gasteiger partial charge in [-0.1, -0.05) is 17.7 Å². The van der Waals surface area contributed by atoms with Gasteiger partial charge in [0.25, 0.3) is 11.8 Å². The van der Waals surface area contributed by atoms with Crippen molar-refractivity contribution < 1.29 is 19.1 Å². The first-order valence-electron chi connectivity index (χ1n) is 9.57. The van der Waals surface area contributed by atoms with E-state index in [0.717, 1.165) is 12.8 Å². The highest BCUT2D eigenvalue weighted by Crippen LogP contribution is 2.27. The number of amides is 2. The molecule has 3 rings (SSSR count). The molecule has 1 fully saturated rings. The molecular formula is C22H25ClN2O4. The predicted octanol–water partition coefficient (Wildman–Crippen LogP) is 3.64. The first-order chi connectivity index (χ1) is 14.0. The molecule has 2 amide bonds. The second kappa shape index (κ2) is 9.65. The smallest absolute Gasteiger partial charge is 0.253 e. The van der Waals surface area contributed by atoms with Crippen molar-refractivity contribution in [3.05, 3.63) is 58.6 Å². The average Bonchev–Trinajstić information content (AvgIpc) is 2.76. The van der Waals surface area contributed by atoms with Crippen LogP contribution in [0.3, 0.4) is 0 Å². The van der Waals surface area contributed by atoms with Gasteiger partial charge < -0.3 is 19.7 Å². The summed E-state index contributed by atoms with van der Waals surface area (Å²) in [5.74, 6) is 1.29. The number of hydrogen-bond acceptors (Lipinski definition) is 4. The molecule has 7 heteroatoms. The highest BCUT2D eigenvalue weighted by molar-refractivity contribution is 6.30. The minimum Gasteiger partial charge on any atom is -0.493 e. The topological polar surface area (TPSA) is 67.9 Å². The van der Waals surface area contributed by atoms with E-state index in [2.05, 4.69) is 5.32 Å². The normalized spacial score (nSPS) is 14.4. The number of likely N-dealkylation sites (tertiary alicyclic amines) is 1. The van der Waals surface area contributed by atoms with Crippen LogP contribution in [0.15, 0.2) is 42.5 Å². The lowest BCUT2D eigenvalue weighted by Gasteiger charge is -2.32. The fourth-order valence-corrected chi connectivity index (χ4v) is 3.65. The average molecular weight is 417 g/mol. The number of halogens is 1. The minimum absolute atomic E-state index is 0.000290. The lowest BCUT2D eigenvalue weighted by atomic mass is 9.96. The zero-order valence-electron chi connectivity index (χ0n) is 16.6. The first kappa shape index (κ1) is 21.0. The number of hydrogen-bond donors (Lipinski definition) is 1. The van der Waals surface area contributed by atoms with Gasteiger partial charge in [-0.2, -0.15) is 0 Å². The fraction of sp³-hybridized carbons (Fsp3) is 0.364. The van der Waals surface area contributed by atoms with Gasteiger partial charge in [0.2, 0.25) is 0 Å². The fourth-order valence-electron chi connectivity index (χ4n) is 3.46. The van der Waals surface area contributed by atoms with E-state index in [1.54, 1.807) is 49.6 Å². The lowest BCUT2D eigenvalue weighted by molar-refractivity contribution is 0.0684. The molecule has 1 saturated heterocycles. The number of rotatable bonds is 6. The molecule has 0 bridgehead atoms. The molecule has 6 nitrogen and oxygen atoms in total. The molecule has 1 heterocycles. The summed E-state index contributed by atoms with van der Waals surface area (Å²) in [6.45, 7) is 1.91. The molecule has 0 aromatic heterocycles. The molecule has 0 saturated carbocycles. The van der Waals surface area contributed by atoms with Crippen LogP contribution in [-0.4, -0.2) is 50.6 Å². The van der Waals surface area contributed by atoms with E-state index in [1.165, 1.54) is 7.11 Å². The van der Waals surface area contributed by atoms with Crippen molar-refractivity contribution in [2.75, 3.05) is 33.9 Å². The molecule has 29 heavy (non-hydrogen) atoms. The molecule has 2 aromatic carbocycles. The third-order valence-electron chi connectivity index (χ3n) is 5.17. The van der Waals surface area contributed by atoms with E-state index in [0.29, 0.717) is 53.2 Å². The predicted molar refractivity (Wildman–Crippen MR) is 112 cm³/mol. The maximum Gasteiger partial charge on any atom is 0.253 e. The number of methoxy groups -OCH3 is 2. The van der Waals surface area contributed by atoms with E-state index in [4.69, 9.17) is 21.1 Å². The Morgan fingerprint density at radius 2 is 1.76 bits per heavy atom. The van der Waals surface area contributed by atoms with Crippen molar-refractivity contribution >= 4 is 23.4 Å². The highest BCUT2D eigenvalue weighted by Gasteiger charge is 2.24. The van der Waals surface area contributed by atoms with Crippen LogP contribution in [0.1, 0.15) is 33.6 Å². The molecule has 0 spiro atoms. The molecule has 2 aromatic rings. The van der Waals surface area contributed by atoms with Crippen LogP contribution < -0.4 is 14.8 Å². The van der Waals surface area contributed by atoms with Crippen molar-refractivity contribution in [1.82, 2.24) is 10.2 Å². The van der Waals surface area contributed by atoms with Gasteiger partial charge in [0.15, 0.2) is 11.5 Å².